The normalized spacial score (nSPS) is 11.5. The van der Waals surface area contributed by atoms with Crippen LogP contribution in [0, 0.1) is 0 Å². The number of likely N-dealkylation sites (N-methyl/N-ethyl adjacent to an activating group) is 1. The van der Waals surface area contributed by atoms with Crippen LogP contribution in [0.3, 0.4) is 0 Å². The average Bonchev–Trinajstić information content (AvgIpc) is 2.71. The summed E-state index contributed by atoms with van der Waals surface area (Å²) < 4.78 is 32.0. The maximum absolute atomic E-state index is 12.9. The topological polar surface area (TPSA) is 75.7 Å². The Morgan fingerprint density at radius 1 is 1.14 bits per heavy atom. The van der Waals surface area contributed by atoms with Gasteiger partial charge in [-0.05, 0) is 48.7 Å². The average molecular weight is 439 g/mol. The molecular formula is C21H27ClN2O4S. The number of benzene rings is 2. The number of nitrogens with zero attached hydrogens (tertiary/aromatic N) is 1. The van der Waals surface area contributed by atoms with E-state index in [1.165, 1.54) is 30.9 Å². The molecule has 0 radical (unpaired) electrons. The first-order valence-corrected chi connectivity index (χ1v) is 11.4. The lowest BCUT2D eigenvalue weighted by atomic mass is 10.1. The van der Waals surface area contributed by atoms with E-state index in [-0.39, 0.29) is 23.0 Å². The molecule has 1 N–H and O–H groups in total. The lowest BCUT2D eigenvalue weighted by Crippen LogP contribution is -2.37. The van der Waals surface area contributed by atoms with Crippen molar-refractivity contribution in [1.82, 2.24) is 4.31 Å². The van der Waals surface area contributed by atoms with Crippen LogP contribution < -0.4 is 10.1 Å². The summed E-state index contributed by atoms with van der Waals surface area (Å²) in [6.07, 6.45) is 3.24. The van der Waals surface area contributed by atoms with E-state index in [1.54, 1.807) is 6.92 Å². The summed E-state index contributed by atoms with van der Waals surface area (Å²) in [4.78, 5) is 12.4. The summed E-state index contributed by atoms with van der Waals surface area (Å²) in [5.41, 5.74) is 1.84. The number of aryl methyl sites for hydroxylation is 1. The minimum absolute atomic E-state index is 0.0122. The van der Waals surface area contributed by atoms with E-state index in [9.17, 15) is 13.2 Å². The molecule has 0 saturated heterocycles. The number of rotatable bonds is 10. The molecule has 2 aromatic carbocycles. The van der Waals surface area contributed by atoms with Crippen LogP contribution in [0.1, 0.15) is 32.3 Å². The predicted octanol–water partition coefficient (Wildman–Crippen LogP) is 4.34. The minimum atomic E-state index is -3.87. The van der Waals surface area contributed by atoms with E-state index in [4.69, 9.17) is 16.3 Å². The molecule has 0 aliphatic carbocycles. The number of halogens is 1. The van der Waals surface area contributed by atoms with Crippen LogP contribution in [0.15, 0.2) is 47.4 Å². The highest BCUT2D eigenvalue weighted by atomic mass is 35.5. The van der Waals surface area contributed by atoms with Crippen LogP contribution in [0.2, 0.25) is 5.02 Å². The van der Waals surface area contributed by atoms with Gasteiger partial charge in [0.15, 0.2) is 0 Å². The van der Waals surface area contributed by atoms with E-state index in [0.29, 0.717) is 11.4 Å². The predicted molar refractivity (Wildman–Crippen MR) is 116 cm³/mol. The van der Waals surface area contributed by atoms with Crippen LogP contribution >= 0.6 is 11.6 Å². The molecule has 0 heterocycles. The SMILES string of the molecule is CCCCc1ccc(NC(=O)CN(CC)S(=O)(=O)c2ccc(OC)c(Cl)c2)cc1. The van der Waals surface area contributed by atoms with Crippen LogP contribution in [-0.2, 0) is 21.2 Å². The minimum Gasteiger partial charge on any atom is -0.495 e. The zero-order valence-electron chi connectivity index (χ0n) is 16.9. The zero-order valence-corrected chi connectivity index (χ0v) is 18.5. The Labute approximate surface area is 177 Å². The molecule has 2 rings (SSSR count). The Hall–Kier alpha value is -2.09. The number of carbonyl (C=O) groups excluding carboxylic acids is 1. The lowest BCUT2D eigenvalue weighted by Gasteiger charge is -2.20. The number of unbranched alkanes of at least 4 members (excludes halogenated alkanes) is 1. The molecule has 1 amide bonds. The second-order valence-corrected chi connectivity index (χ2v) is 8.92. The monoisotopic (exact) mass is 438 g/mol. The van der Waals surface area contributed by atoms with Gasteiger partial charge in [-0.2, -0.15) is 4.31 Å². The van der Waals surface area contributed by atoms with Crippen molar-refractivity contribution in [3.05, 3.63) is 53.1 Å². The Morgan fingerprint density at radius 2 is 1.83 bits per heavy atom. The Kier molecular flexibility index (Phi) is 8.49. The third-order valence-electron chi connectivity index (χ3n) is 4.49. The third kappa shape index (κ3) is 6.19. The van der Waals surface area contributed by atoms with Gasteiger partial charge in [0.2, 0.25) is 15.9 Å². The second-order valence-electron chi connectivity index (χ2n) is 6.58. The Bertz CT molecular complexity index is 930. The fourth-order valence-corrected chi connectivity index (χ4v) is 4.57. The van der Waals surface area contributed by atoms with Crippen LogP contribution in [0.25, 0.3) is 0 Å². The number of hydrogen-bond donors (Lipinski definition) is 1. The van der Waals surface area contributed by atoms with E-state index in [0.717, 1.165) is 23.6 Å². The zero-order chi connectivity index (χ0) is 21.4. The molecule has 0 spiro atoms. The van der Waals surface area contributed by atoms with Gasteiger partial charge in [0, 0.05) is 12.2 Å². The van der Waals surface area contributed by atoms with Crippen molar-refractivity contribution < 1.29 is 17.9 Å². The summed E-state index contributed by atoms with van der Waals surface area (Å²) >= 11 is 6.05. The van der Waals surface area contributed by atoms with Crippen molar-refractivity contribution in [2.75, 3.05) is 25.5 Å². The van der Waals surface area contributed by atoms with Crippen molar-refractivity contribution in [3.63, 3.8) is 0 Å². The highest BCUT2D eigenvalue weighted by Crippen LogP contribution is 2.28. The molecular weight excluding hydrogens is 412 g/mol. The molecule has 0 atom stereocenters. The number of hydrogen-bond acceptors (Lipinski definition) is 4. The fraction of sp³-hybridized carbons (Fsp3) is 0.381. The summed E-state index contributed by atoms with van der Waals surface area (Å²) in [5, 5.41) is 2.94. The van der Waals surface area contributed by atoms with Crippen molar-refractivity contribution >= 4 is 33.2 Å². The summed E-state index contributed by atoms with van der Waals surface area (Å²) in [6, 6.07) is 11.8. The van der Waals surface area contributed by atoms with Crippen LogP contribution in [0.4, 0.5) is 5.69 Å². The Morgan fingerprint density at radius 3 is 2.38 bits per heavy atom. The maximum atomic E-state index is 12.9. The molecule has 6 nitrogen and oxygen atoms in total. The van der Waals surface area contributed by atoms with Crippen molar-refractivity contribution in [3.8, 4) is 5.75 Å². The molecule has 0 aliphatic rings. The molecule has 0 aliphatic heterocycles. The smallest absolute Gasteiger partial charge is 0.243 e. The summed E-state index contributed by atoms with van der Waals surface area (Å²) in [5.74, 6) is -0.0230. The van der Waals surface area contributed by atoms with Crippen molar-refractivity contribution in [2.45, 2.75) is 38.0 Å². The summed E-state index contributed by atoms with van der Waals surface area (Å²) in [7, 11) is -2.42. The third-order valence-corrected chi connectivity index (χ3v) is 6.70. The maximum Gasteiger partial charge on any atom is 0.243 e. The molecule has 0 unspecified atom stereocenters. The first kappa shape index (κ1) is 23.2. The van der Waals surface area contributed by atoms with E-state index in [1.807, 2.05) is 24.3 Å². The molecule has 8 heteroatoms. The largest absolute Gasteiger partial charge is 0.495 e. The Balaban J connectivity index is 2.07. The van der Waals surface area contributed by atoms with Gasteiger partial charge in [-0.15, -0.1) is 0 Å². The summed E-state index contributed by atoms with van der Waals surface area (Å²) in [6.45, 7) is 3.68. The van der Waals surface area contributed by atoms with Gasteiger partial charge in [-0.1, -0.05) is 44.0 Å². The van der Waals surface area contributed by atoms with Gasteiger partial charge in [0.25, 0.3) is 0 Å². The van der Waals surface area contributed by atoms with Crippen molar-refractivity contribution in [2.24, 2.45) is 0 Å². The van der Waals surface area contributed by atoms with Gasteiger partial charge >= 0.3 is 0 Å². The second kappa shape index (κ2) is 10.6. The van der Waals surface area contributed by atoms with Crippen molar-refractivity contribution in [1.29, 1.82) is 0 Å². The molecule has 29 heavy (non-hydrogen) atoms. The van der Waals surface area contributed by atoms with Gasteiger partial charge in [-0.3, -0.25) is 4.79 Å². The van der Waals surface area contributed by atoms with Crippen LogP contribution in [-0.4, -0.2) is 38.8 Å². The number of ether oxygens (including phenoxy) is 1. The lowest BCUT2D eigenvalue weighted by molar-refractivity contribution is -0.116. The first-order valence-electron chi connectivity index (χ1n) is 9.54. The molecule has 0 bridgehead atoms. The number of amides is 1. The fourth-order valence-electron chi connectivity index (χ4n) is 2.82. The molecule has 0 saturated carbocycles. The van der Waals surface area contributed by atoms with Crippen LogP contribution in [0.5, 0.6) is 5.75 Å². The molecule has 2 aromatic rings. The van der Waals surface area contributed by atoms with Gasteiger partial charge in [0.1, 0.15) is 5.75 Å². The molecule has 0 fully saturated rings. The van der Waals surface area contributed by atoms with Gasteiger partial charge in [0.05, 0.1) is 23.6 Å². The first-order chi connectivity index (χ1) is 13.8. The number of methoxy groups -OCH3 is 1. The number of nitrogens with one attached hydrogen (secondary N) is 1. The van der Waals surface area contributed by atoms with Gasteiger partial charge in [-0.25, -0.2) is 8.42 Å². The quantitative estimate of drug-likeness (QED) is 0.598. The van der Waals surface area contributed by atoms with E-state index >= 15 is 0 Å². The van der Waals surface area contributed by atoms with E-state index in [2.05, 4.69) is 12.2 Å². The number of anilines is 1. The highest BCUT2D eigenvalue weighted by Gasteiger charge is 2.26. The molecule has 158 valence electrons. The standard InChI is InChI=1S/C21H27ClN2O4S/c1-4-6-7-16-8-10-17(11-9-16)23-21(25)15-24(5-2)29(26,27)18-12-13-20(28-3)19(22)14-18/h8-14H,4-7,15H2,1-3H3,(H,23,25). The number of sulfonamides is 1. The number of carbonyl (C=O) groups is 1. The van der Waals surface area contributed by atoms with Gasteiger partial charge < -0.3 is 10.1 Å². The van der Waals surface area contributed by atoms with E-state index < -0.39 is 15.9 Å². The molecule has 0 aromatic heterocycles. The highest BCUT2D eigenvalue weighted by molar-refractivity contribution is 7.89.